The Balaban J connectivity index is 2.43. The van der Waals surface area contributed by atoms with E-state index >= 15 is 0 Å². The van der Waals surface area contributed by atoms with Gasteiger partial charge in [0.15, 0.2) is 5.17 Å². The molecule has 0 aliphatic carbocycles. The van der Waals surface area contributed by atoms with Crippen LogP contribution in [0.5, 0.6) is 0 Å². The molecule has 0 unspecified atom stereocenters. The summed E-state index contributed by atoms with van der Waals surface area (Å²) in [4.78, 5) is 25.4. The van der Waals surface area contributed by atoms with E-state index in [4.69, 9.17) is 0 Å². The topological polar surface area (TPSA) is 65.0 Å². The molecule has 24 heavy (non-hydrogen) atoms. The van der Waals surface area contributed by atoms with Gasteiger partial charge in [0.2, 0.25) is 0 Å². The molecule has 0 spiro atoms. The van der Waals surface area contributed by atoms with E-state index in [1.807, 2.05) is 13.8 Å². The van der Waals surface area contributed by atoms with Crippen LogP contribution in [0.25, 0.3) is 0 Å². The zero-order valence-electron chi connectivity index (χ0n) is 14.2. The number of rotatable bonds is 3. The maximum absolute atomic E-state index is 14.0. The lowest BCUT2D eigenvalue weighted by atomic mass is 10.1. The summed E-state index contributed by atoms with van der Waals surface area (Å²) in [6, 6.07) is 5.50. The van der Waals surface area contributed by atoms with Crippen LogP contribution in [-0.4, -0.2) is 46.0 Å². The molecule has 1 aliphatic rings. The van der Waals surface area contributed by atoms with Crippen molar-refractivity contribution in [1.29, 1.82) is 0 Å². The molecule has 1 aliphatic heterocycles. The highest BCUT2D eigenvalue weighted by Gasteiger charge is 2.46. The van der Waals surface area contributed by atoms with Crippen LogP contribution in [0.1, 0.15) is 37.0 Å². The van der Waals surface area contributed by atoms with E-state index in [2.05, 4.69) is 10.4 Å². The van der Waals surface area contributed by atoms with Crippen molar-refractivity contribution in [1.82, 2.24) is 15.2 Å². The number of thioether (sulfide) groups is 1. The zero-order valence-corrected chi connectivity index (χ0v) is 15.0. The minimum Gasteiger partial charge on any atom is -0.341 e. The van der Waals surface area contributed by atoms with Crippen LogP contribution in [0.2, 0.25) is 0 Å². The molecule has 130 valence electrons. The molecule has 2 rings (SSSR count). The highest BCUT2D eigenvalue weighted by molar-refractivity contribution is 8.15. The summed E-state index contributed by atoms with van der Waals surface area (Å²) in [7, 11) is 3.10. The van der Waals surface area contributed by atoms with Crippen LogP contribution in [0.15, 0.2) is 29.4 Å². The summed E-state index contributed by atoms with van der Waals surface area (Å²) in [5.41, 5.74) is -0.0306. The predicted octanol–water partition coefficient (Wildman–Crippen LogP) is 3.07. The molecule has 0 fully saturated rings. The molecule has 1 N–H and O–H groups in total. The van der Waals surface area contributed by atoms with Crippen molar-refractivity contribution >= 4 is 28.9 Å². The lowest BCUT2D eigenvalue weighted by Gasteiger charge is -2.33. The maximum Gasteiger partial charge on any atom is 0.322 e. The van der Waals surface area contributed by atoms with Crippen LogP contribution in [0.3, 0.4) is 0 Å². The van der Waals surface area contributed by atoms with Gasteiger partial charge in [0, 0.05) is 14.1 Å². The first-order valence-electron chi connectivity index (χ1n) is 7.72. The van der Waals surface area contributed by atoms with Crippen molar-refractivity contribution in [3.05, 3.63) is 35.6 Å². The number of amidine groups is 1. The summed E-state index contributed by atoms with van der Waals surface area (Å²) in [5.74, 6) is -1.10. The second-order valence-electron chi connectivity index (χ2n) is 5.35. The summed E-state index contributed by atoms with van der Waals surface area (Å²) in [6.07, 6.45) is 1.23. The molecule has 0 atom stereocenters. The first-order valence-corrected chi connectivity index (χ1v) is 8.54. The number of carbonyl (C=O) groups excluding carboxylic acids is 2. The van der Waals surface area contributed by atoms with E-state index in [9.17, 15) is 14.0 Å². The van der Waals surface area contributed by atoms with Crippen LogP contribution >= 0.6 is 11.8 Å². The molecule has 0 bridgehead atoms. The summed E-state index contributed by atoms with van der Waals surface area (Å²) in [5, 5.41) is 8.57. The number of hydrogen-bond donors (Lipinski definition) is 1. The Morgan fingerprint density at radius 2 is 1.96 bits per heavy atom. The zero-order chi connectivity index (χ0) is 17.9. The minimum absolute atomic E-state index is 0.0306. The Hall–Kier alpha value is -2.09. The van der Waals surface area contributed by atoms with Gasteiger partial charge in [0.25, 0.3) is 5.91 Å². The highest BCUT2D eigenvalue weighted by atomic mass is 32.2. The molecule has 3 amide bonds. The van der Waals surface area contributed by atoms with Crippen LogP contribution in [0, 0.1) is 5.82 Å². The largest absolute Gasteiger partial charge is 0.341 e. The molecule has 6 nitrogen and oxygen atoms in total. The van der Waals surface area contributed by atoms with Crippen LogP contribution < -0.4 is 5.32 Å². The molecule has 0 saturated carbocycles. The number of nitrogens with one attached hydrogen (secondary N) is 1. The second-order valence-corrected chi connectivity index (χ2v) is 6.68. The Kier molecular flexibility index (Phi) is 5.48. The molecular weight excluding hydrogens is 331 g/mol. The van der Waals surface area contributed by atoms with Gasteiger partial charge in [-0.25, -0.2) is 14.2 Å². The van der Waals surface area contributed by atoms with Crippen LogP contribution in [-0.2, 0) is 0 Å². The van der Waals surface area contributed by atoms with E-state index in [1.165, 1.54) is 46.9 Å². The Morgan fingerprint density at radius 3 is 2.50 bits per heavy atom. The third kappa shape index (κ3) is 3.10. The van der Waals surface area contributed by atoms with Crippen molar-refractivity contribution < 1.29 is 14.0 Å². The highest BCUT2D eigenvalue weighted by Crippen LogP contribution is 2.44. The average molecular weight is 352 g/mol. The molecule has 8 heteroatoms. The van der Waals surface area contributed by atoms with Gasteiger partial charge >= 0.3 is 6.03 Å². The first kappa shape index (κ1) is 18.3. The van der Waals surface area contributed by atoms with Crippen molar-refractivity contribution in [2.45, 2.75) is 31.6 Å². The quantitative estimate of drug-likeness (QED) is 0.909. The lowest BCUT2D eigenvalue weighted by molar-refractivity contribution is 0.0638. The van der Waals surface area contributed by atoms with E-state index < -0.39 is 16.6 Å². The Bertz CT molecular complexity index is 676. The minimum atomic E-state index is -0.642. The van der Waals surface area contributed by atoms with Crippen LogP contribution in [0.4, 0.5) is 9.18 Å². The third-order valence-electron chi connectivity index (χ3n) is 4.06. The summed E-state index contributed by atoms with van der Waals surface area (Å²) in [6.45, 7) is 3.88. The SMILES string of the molecule is CCC1(CC)SC(N(C)C(=O)NC)=NN1C(=O)c1ccccc1F. The molecular formula is C16H21FN4O2S. The van der Waals surface area contributed by atoms with Crippen molar-refractivity contribution in [3.8, 4) is 0 Å². The molecule has 1 heterocycles. The molecule has 1 aromatic carbocycles. The van der Waals surface area contributed by atoms with E-state index in [0.717, 1.165) is 0 Å². The number of halogens is 1. The van der Waals surface area contributed by atoms with E-state index in [0.29, 0.717) is 18.0 Å². The fourth-order valence-electron chi connectivity index (χ4n) is 2.47. The number of hydrogen-bond acceptors (Lipinski definition) is 4. The second kappa shape index (κ2) is 7.21. The molecule has 1 aromatic rings. The monoisotopic (exact) mass is 352 g/mol. The Labute approximate surface area is 145 Å². The van der Waals surface area contributed by atoms with Crippen molar-refractivity contribution in [2.75, 3.05) is 14.1 Å². The molecule has 0 radical (unpaired) electrons. The number of benzene rings is 1. The molecule has 0 aromatic heterocycles. The van der Waals surface area contributed by atoms with E-state index in [1.54, 1.807) is 13.1 Å². The summed E-state index contributed by atoms with van der Waals surface area (Å²) < 4.78 is 14.0. The van der Waals surface area contributed by atoms with Crippen molar-refractivity contribution in [3.63, 3.8) is 0 Å². The van der Waals surface area contributed by atoms with E-state index in [-0.39, 0.29) is 11.6 Å². The number of nitrogens with zero attached hydrogens (tertiary/aromatic N) is 3. The number of amides is 3. The smallest absolute Gasteiger partial charge is 0.322 e. The standard InChI is InChI=1S/C16H21FN4O2S/c1-5-16(6-2)21(13(22)11-9-7-8-10-12(11)17)19-15(24-16)20(4)14(23)18-3/h7-10H,5-6H2,1-4H3,(H,18,23). The molecule has 0 saturated heterocycles. The fourth-order valence-corrected chi connectivity index (χ4v) is 3.65. The normalized spacial score (nSPS) is 15.9. The van der Waals surface area contributed by atoms with Gasteiger partial charge in [-0.1, -0.05) is 37.7 Å². The van der Waals surface area contributed by atoms with Gasteiger partial charge in [-0.2, -0.15) is 0 Å². The fraction of sp³-hybridized carbons (Fsp3) is 0.438. The predicted molar refractivity (Wildman–Crippen MR) is 93.1 cm³/mol. The van der Waals surface area contributed by atoms with Gasteiger partial charge in [0.05, 0.1) is 5.56 Å². The van der Waals surface area contributed by atoms with Gasteiger partial charge in [0.1, 0.15) is 10.7 Å². The lowest BCUT2D eigenvalue weighted by Crippen LogP contribution is -2.43. The average Bonchev–Trinajstić information content (AvgIpc) is 3.00. The van der Waals surface area contributed by atoms with Gasteiger partial charge in [-0.15, -0.1) is 5.10 Å². The van der Waals surface area contributed by atoms with Gasteiger partial charge < -0.3 is 5.32 Å². The van der Waals surface area contributed by atoms with Crippen molar-refractivity contribution in [2.24, 2.45) is 5.10 Å². The Morgan fingerprint density at radius 1 is 1.33 bits per heavy atom. The summed E-state index contributed by atoms with van der Waals surface area (Å²) >= 11 is 1.34. The number of urea groups is 1. The first-order chi connectivity index (χ1) is 11.4. The number of hydrazone groups is 1. The maximum atomic E-state index is 14.0. The number of carbonyl (C=O) groups is 2. The van der Waals surface area contributed by atoms with Gasteiger partial charge in [-0.05, 0) is 25.0 Å². The third-order valence-corrected chi connectivity index (χ3v) is 5.73. The van der Waals surface area contributed by atoms with Gasteiger partial charge in [-0.3, -0.25) is 9.69 Å².